The number of carbonyl (C=O) groups excluding carboxylic acids is 1. The zero-order valence-corrected chi connectivity index (χ0v) is 11.4. The molecule has 2 nitrogen and oxygen atoms in total. The van der Waals surface area contributed by atoms with Gasteiger partial charge in [-0.3, -0.25) is 4.79 Å². The molecule has 1 aromatic carbocycles. The third kappa shape index (κ3) is 3.34. The first-order valence-corrected chi connectivity index (χ1v) is 7.13. The molecule has 4 heteroatoms. The number of amides is 1. The van der Waals surface area contributed by atoms with Crippen LogP contribution < -0.4 is 5.32 Å². The number of hydrogen-bond acceptors (Lipinski definition) is 2. The maximum absolute atomic E-state index is 11.3. The van der Waals surface area contributed by atoms with Crippen LogP contribution in [0.25, 0.3) is 0 Å². The summed E-state index contributed by atoms with van der Waals surface area (Å²) in [5.41, 5.74) is 1.20. The standard InChI is InChI=1S/C14H14ClNOS/c15-9-14(17)16-10-12(13-7-4-8-18-13)11-5-2-1-3-6-11/h1-8,12H,9-10H2,(H,16,17). The summed E-state index contributed by atoms with van der Waals surface area (Å²) in [5.74, 6) is 0.0684. The summed E-state index contributed by atoms with van der Waals surface area (Å²) in [6.45, 7) is 0.579. The van der Waals surface area contributed by atoms with Crippen LogP contribution in [0.3, 0.4) is 0 Å². The van der Waals surface area contributed by atoms with E-state index in [-0.39, 0.29) is 17.7 Å². The van der Waals surface area contributed by atoms with Crippen molar-refractivity contribution in [2.24, 2.45) is 0 Å². The Morgan fingerprint density at radius 3 is 2.61 bits per heavy atom. The van der Waals surface area contributed by atoms with Crippen molar-refractivity contribution in [3.8, 4) is 0 Å². The van der Waals surface area contributed by atoms with E-state index < -0.39 is 0 Å². The molecule has 1 unspecified atom stereocenters. The van der Waals surface area contributed by atoms with Gasteiger partial charge in [0.2, 0.25) is 5.91 Å². The SMILES string of the molecule is O=C(CCl)NCC(c1ccccc1)c1cccs1. The van der Waals surface area contributed by atoms with Gasteiger partial charge in [-0.2, -0.15) is 0 Å². The lowest BCUT2D eigenvalue weighted by molar-refractivity contribution is -0.118. The average molecular weight is 280 g/mol. The Morgan fingerprint density at radius 1 is 1.22 bits per heavy atom. The van der Waals surface area contributed by atoms with Crippen molar-refractivity contribution >= 4 is 28.8 Å². The number of thiophene rings is 1. The van der Waals surface area contributed by atoms with Gasteiger partial charge in [-0.25, -0.2) is 0 Å². The van der Waals surface area contributed by atoms with Crippen molar-refractivity contribution in [1.82, 2.24) is 5.32 Å². The number of hydrogen-bond donors (Lipinski definition) is 1. The van der Waals surface area contributed by atoms with Crippen LogP contribution in [0.1, 0.15) is 16.4 Å². The molecule has 1 aromatic heterocycles. The van der Waals surface area contributed by atoms with Crippen LogP contribution in [-0.4, -0.2) is 18.3 Å². The van der Waals surface area contributed by atoms with Gasteiger partial charge >= 0.3 is 0 Å². The molecule has 1 amide bonds. The Hall–Kier alpha value is -1.32. The highest BCUT2D eigenvalue weighted by Gasteiger charge is 2.15. The summed E-state index contributed by atoms with van der Waals surface area (Å²) in [6, 6.07) is 14.3. The predicted octanol–water partition coefficient (Wildman–Crippen LogP) is 3.24. The lowest BCUT2D eigenvalue weighted by Gasteiger charge is -2.16. The molecular weight excluding hydrogens is 266 g/mol. The molecule has 0 saturated carbocycles. The quantitative estimate of drug-likeness (QED) is 0.837. The molecule has 18 heavy (non-hydrogen) atoms. The van der Waals surface area contributed by atoms with E-state index in [1.54, 1.807) is 11.3 Å². The maximum Gasteiger partial charge on any atom is 0.234 e. The van der Waals surface area contributed by atoms with Crippen molar-refractivity contribution in [2.45, 2.75) is 5.92 Å². The first-order valence-electron chi connectivity index (χ1n) is 5.72. The smallest absolute Gasteiger partial charge is 0.234 e. The summed E-state index contributed by atoms with van der Waals surface area (Å²) >= 11 is 7.20. The second-order valence-corrected chi connectivity index (χ2v) is 5.16. The molecule has 0 aliphatic carbocycles. The first-order chi connectivity index (χ1) is 8.81. The number of halogens is 1. The van der Waals surface area contributed by atoms with E-state index in [2.05, 4.69) is 28.9 Å². The van der Waals surface area contributed by atoms with Crippen LogP contribution >= 0.6 is 22.9 Å². The number of carbonyl (C=O) groups is 1. The molecule has 0 spiro atoms. The summed E-state index contributed by atoms with van der Waals surface area (Å²) < 4.78 is 0. The Morgan fingerprint density at radius 2 is 2.00 bits per heavy atom. The van der Waals surface area contributed by atoms with Gasteiger partial charge in [0.15, 0.2) is 0 Å². The zero-order valence-electron chi connectivity index (χ0n) is 9.80. The molecule has 2 aromatic rings. The van der Waals surface area contributed by atoms with Gasteiger partial charge in [-0.1, -0.05) is 36.4 Å². The number of benzene rings is 1. The van der Waals surface area contributed by atoms with Crippen LogP contribution in [0.5, 0.6) is 0 Å². The van der Waals surface area contributed by atoms with E-state index in [9.17, 15) is 4.79 Å². The fourth-order valence-electron chi connectivity index (χ4n) is 1.82. The van der Waals surface area contributed by atoms with Crippen molar-refractivity contribution < 1.29 is 4.79 Å². The molecule has 1 heterocycles. The van der Waals surface area contributed by atoms with Crippen molar-refractivity contribution in [3.63, 3.8) is 0 Å². The molecule has 0 aliphatic rings. The van der Waals surface area contributed by atoms with Gasteiger partial charge in [-0.15, -0.1) is 22.9 Å². The minimum atomic E-state index is -0.130. The fourth-order valence-corrected chi connectivity index (χ4v) is 2.77. The molecule has 1 atom stereocenters. The van der Waals surface area contributed by atoms with Gasteiger partial charge in [0, 0.05) is 17.3 Å². The van der Waals surface area contributed by atoms with Gasteiger partial charge in [0.05, 0.1) is 0 Å². The third-order valence-electron chi connectivity index (χ3n) is 2.71. The molecular formula is C14H14ClNOS. The number of alkyl halides is 1. The molecule has 94 valence electrons. The van der Waals surface area contributed by atoms with Crippen molar-refractivity contribution in [3.05, 3.63) is 58.3 Å². The minimum Gasteiger partial charge on any atom is -0.354 e. The molecule has 2 rings (SSSR count). The molecule has 0 aliphatic heterocycles. The highest BCUT2D eigenvalue weighted by Crippen LogP contribution is 2.27. The highest BCUT2D eigenvalue weighted by molar-refractivity contribution is 7.10. The molecule has 0 fully saturated rings. The second kappa shape index (κ2) is 6.57. The summed E-state index contributed by atoms with van der Waals surface area (Å²) in [6.07, 6.45) is 0. The Labute approximate surface area is 116 Å². The first kappa shape index (κ1) is 13.1. The van der Waals surface area contributed by atoms with E-state index in [1.807, 2.05) is 24.3 Å². The predicted molar refractivity (Wildman–Crippen MR) is 76.3 cm³/mol. The topological polar surface area (TPSA) is 29.1 Å². The molecule has 0 saturated heterocycles. The number of nitrogens with one attached hydrogen (secondary N) is 1. The van der Waals surface area contributed by atoms with Crippen molar-refractivity contribution in [1.29, 1.82) is 0 Å². The lowest BCUT2D eigenvalue weighted by Crippen LogP contribution is -2.29. The Balaban J connectivity index is 2.16. The van der Waals surface area contributed by atoms with Crippen LogP contribution in [0, 0.1) is 0 Å². The fraction of sp³-hybridized carbons (Fsp3) is 0.214. The van der Waals surface area contributed by atoms with E-state index in [0.717, 1.165) is 0 Å². The number of rotatable bonds is 5. The monoisotopic (exact) mass is 279 g/mol. The van der Waals surface area contributed by atoms with Crippen LogP contribution in [0.2, 0.25) is 0 Å². The third-order valence-corrected chi connectivity index (χ3v) is 3.94. The van der Waals surface area contributed by atoms with Crippen molar-refractivity contribution in [2.75, 3.05) is 12.4 Å². The highest BCUT2D eigenvalue weighted by atomic mass is 35.5. The van der Waals surface area contributed by atoms with Crippen LogP contribution in [0.4, 0.5) is 0 Å². The average Bonchev–Trinajstić information content (AvgIpc) is 2.94. The van der Waals surface area contributed by atoms with E-state index in [0.29, 0.717) is 6.54 Å². The summed E-state index contributed by atoms with van der Waals surface area (Å²) in [4.78, 5) is 12.5. The van der Waals surface area contributed by atoms with Crippen LogP contribution in [-0.2, 0) is 4.79 Å². The molecule has 0 bridgehead atoms. The zero-order chi connectivity index (χ0) is 12.8. The van der Waals surface area contributed by atoms with Gasteiger partial charge < -0.3 is 5.32 Å². The minimum absolute atomic E-state index is 0.00590. The van der Waals surface area contributed by atoms with Crippen LogP contribution in [0.15, 0.2) is 47.8 Å². The maximum atomic E-state index is 11.3. The van der Waals surface area contributed by atoms with E-state index >= 15 is 0 Å². The van der Waals surface area contributed by atoms with E-state index in [4.69, 9.17) is 11.6 Å². The van der Waals surface area contributed by atoms with Gasteiger partial charge in [0.1, 0.15) is 5.88 Å². The second-order valence-electron chi connectivity index (χ2n) is 3.92. The molecule has 1 N–H and O–H groups in total. The Kier molecular flexibility index (Phi) is 4.79. The normalized spacial score (nSPS) is 12.1. The summed E-state index contributed by atoms with van der Waals surface area (Å²) in [5, 5.41) is 4.91. The lowest BCUT2D eigenvalue weighted by atomic mass is 9.97. The largest absolute Gasteiger partial charge is 0.354 e. The van der Waals surface area contributed by atoms with Gasteiger partial charge in [-0.05, 0) is 17.0 Å². The summed E-state index contributed by atoms with van der Waals surface area (Å²) in [7, 11) is 0. The van der Waals surface area contributed by atoms with E-state index in [1.165, 1.54) is 10.4 Å². The Bertz CT molecular complexity index is 484. The molecule has 0 radical (unpaired) electrons. The van der Waals surface area contributed by atoms with Gasteiger partial charge in [0.25, 0.3) is 0 Å².